The summed E-state index contributed by atoms with van der Waals surface area (Å²) < 4.78 is 0. The second-order valence-corrected chi connectivity index (χ2v) is 4.78. The standard InChI is InChI=1S/C13H16N2O/c16-10-15-12-6-13(15)9-14(8-12)7-11-4-2-1-3-5-11/h1-5,10,12-13H,6-9H2. The number of hydrogen-bond acceptors (Lipinski definition) is 2. The van der Waals surface area contributed by atoms with Crippen LogP contribution in [0.4, 0.5) is 0 Å². The molecule has 3 heteroatoms. The molecule has 2 atom stereocenters. The van der Waals surface area contributed by atoms with Gasteiger partial charge in [0.1, 0.15) is 0 Å². The molecule has 0 N–H and O–H groups in total. The maximum absolute atomic E-state index is 10.8. The smallest absolute Gasteiger partial charge is 0.210 e. The molecule has 2 bridgehead atoms. The van der Waals surface area contributed by atoms with Crippen molar-refractivity contribution in [1.82, 2.24) is 9.80 Å². The highest BCUT2D eigenvalue weighted by molar-refractivity contribution is 5.51. The first-order valence-corrected chi connectivity index (χ1v) is 5.86. The van der Waals surface area contributed by atoms with E-state index in [9.17, 15) is 4.79 Å². The Morgan fingerprint density at radius 3 is 2.50 bits per heavy atom. The van der Waals surface area contributed by atoms with E-state index in [1.807, 2.05) is 11.0 Å². The van der Waals surface area contributed by atoms with Crippen LogP contribution in [0.15, 0.2) is 30.3 Å². The third-order valence-corrected chi connectivity index (χ3v) is 3.70. The molecule has 3 heterocycles. The zero-order chi connectivity index (χ0) is 11.0. The fraction of sp³-hybridized carbons (Fsp3) is 0.462. The molecule has 0 saturated carbocycles. The van der Waals surface area contributed by atoms with E-state index in [1.165, 1.54) is 12.0 Å². The lowest BCUT2D eigenvalue weighted by molar-refractivity contribution is -0.139. The van der Waals surface area contributed by atoms with Crippen molar-refractivity contribution in [3.63, 3.8) is 0 Å². The van der Waals surface area contributed by atoms with Gasteiger partial charge in [0, 0.05) is 31.7 Å². The van der Waals surface area contributed by atoms with Gasteiger partial charge in [-0.3, -0.25) is 9.69 Å². The van der Waals surface area contributed by atoms with Crippen molar-refractivity contribution in [3.05, 3.63) is 35.9 Å². The summed E-state index contributed by atoms with van der Waals surface area (Å²) in [6.07, 6.45) is 2.21. The molecule has 2 unspecified atom stereocenters. The van der Waals surface area contributed by atoms with Gasteiger partial charge >= 0.3 is 0 Å². The Hall–Kier alpha value is -1.35. The average Bonchev–Trinajstić information content (AvgIpc) is 2.31. The number of piperidine rings is 1. The minimum Gasteiger partial charge on any atom is -0.337 e. The number of piperazine rings is 1. The van der Waals surface area contributed by atoms with Gasteiger partial charge in [0.2, 0.25) is 6.41 Å². The van der Waals surface area contributed by atoms with Crippen LogP contribution in [0, 0.1) is 0 Å². The van der Waals surface area contributed by atoms with Crippen LogP contribution >= 0.6 is 0 Å². The summed E-state index contributed by atoms with van der Waals surface area (Å²) in [6, 6.07) is 11.5. The molecule has 3 fully saturated rings. The monoisotopic (exact) mass is 216 g/mol. The summed E-state index contributed by atoms with van der Waals surface area (Å²) in [5.74, 6) is 0. The molecule has 1 amide bonds. The number of fused-ring (bicyclic) bond motifs is 2. The van der Waals surface area contributed by atoms with E-state index in [0.29, 0.717) is 12.1 Å². The van der Waals surface area contributed by atoms with Gasteiger partial charge < -0.3 is 4.90 Å². The zero-order valence-corrected chi connectivity index (χ0v) is 9.25. The topological polar surface area (TPSA) is 23.6 Å². The van der Waals surface area contributed by atoms with Crippen LogP contribution in [0.25, 0.3) is 0 Å². The minimum absolute atomic E-state index is 0.472. The summed E-state index contributed by atoms with van der Waals surface area (Å²) in [7, 11) is 0. The summed E-state index contributed by atoms with van der Waals surface area (Å²) >= 11 is 0. The normalized spacial score (nSPS) is 28.6. The maximum atomic E-state index is 10.8. The van der Waals surface area contributed by atoms with Crippen LogP contribution in [0.1, 0.15) is 12.0 Å². The highest BCUT2D eigenvalue weighted by Gasteiger charge is 2.43. The lowest BCUT2D eigenvalue weighted by atomic mass is 9.88. The number of carbonyl (C=O) groups is 1. The second kappa shape index (κ2) is 3.91. The fourth-order valence-electron chi connectivity index (χ4n) is 2.87. The van der Waals surface area contributed by atoms with Crippen LogP contribution in [-0.4, -0.2) is 41.4 Å². The van der Waals surface area contributed by atoms with Gasteiger partial charge in [0.25, 0.3) is 0 Å². The van der Waals surface area contributed by atoms with Gasteiger partial charge in [-0.25, -0.2) is 0 Å². The quantitative estimate of drug-likeness (QED) is 0.706. The van der Waals surface area contributed by atoms with Crippen LogP contribution in [0.2, 0.25) is 0 Å². The molecule has 0 spiro atoms. The van der Waals surface area contributed by atoms with Gasteiger partial charge in [0.15, 0.2) is 0 Å². The Balaban J connectivity index is 1.61. The van der Waals surface area contributed by atoms with Crippen molar-refractivity contribution in [2.75, 3.05) is 13.1 Å². The van der Waals surface area contributed by atoms with Crippen molar-refractivity contribution in [1.29, 1.82) is 0 Å². The summed E-state index contributed by atoms with van der Waals surface area (Å²) in [5, 5.41) is 0. The lowest BCUT2D eigenvalue weighted by Gasteiger charge is -2.54. The van der Waals surface area contributed by atoms with E-state index in [1.54, 1.807) is 0 Å². The third kappa shape index (κ3) is 1.61. The molecule has 1 aromatic carbocycles. The Morgan fingerprint density at radius 2 is 1.88 bits per heavy atom. The van der Waals surface area contributed by atoms with Crippen LogP contribution in [-0.2, 0) is 11.3 Å². The van der Waals surface area contributed by atoms with E-state index in [2.05, 4.69) is 29.2 Å². The number of nitrogens with zero attached hydrogens (tertiary/aromatic N) is 2. The highest BCUT2D eigenvalue weighted by Crippen LogP contribution is 2.31. The Labute approximate surface area is 95.7 Å². The van der Waals surface area contributed by atoms with Gasteiger partial charge in [-0.15, -0.1) is 0 Å². The molecule has 1 aromatic rings. The number of benzene rings is 1. The van der Waals surface area contributed by atoms with Crippen molar-refractivity contribution in [2.45, 2.75) is 25.0 Å². The first kappa shape index (κ1) is 9.85. The molecule has 0 aliphatic carbocycles. The maximum Gasteiger partial charge on any atom is 0.210 e. The van der Waals surface area contributed by atoms with Gasteiger partial charge in [0.05, 0.1) is 0 Å². The molecule has 3 nitrogen and oxygen atoms in total. The van der Waals surface area contributed by atoms with E-state index in [4.69, 9.17) is 0 Å². The number of rotatable bonds is 3. The van der Waals surface area contributed by atoms with Crippen molar-refractivity contribution >= 4 is 6.41 Å². The minimum atomic E-state index is 0.472. The van der Waals surface area contributed by atoms with E-state index in [-0.39, 0.29) is 0 Å². The van der Waals surface area contributed by atoms with Crippen LogP contribution < -0.4 is 0 Å². The summed E-state index contributed by atoms with van der Waals surface area (Å²) in [4.78, 5) is 15.2. The van der Waals surface area contributed by atoms with Crippen molar-refractivity contribution in [3.8, 4) is 0 Å². The first-order valence-electron chi connectivity index (χ1n) is 5.86. The molecule has 3 saturated heterocycles. The molecular weight excluding hydrogens is 200 g/mol. The summed E-state index contributed by atoms with van der Waals surface area (Å²) in [5.41, 5.74) is 1.36. The Morgan fingerprint density at radius 1 is 1.19 bits per heavy atom. The molecule has 0 radical (unpaired) electrons. The molecule has 16 heavy (non-hydrogen) atoms. The lowest BCUT2D eigenvalue weighted by Crippen LogP contribution is -2.67. The first-order chi connectivity index (χ1) is 7.86. The average molecular weight is 216 g/mol. The fourth-order valence-corrected chi connectivity index (χ4v) is 2.87. The molecular formula is C13H16N2O. The number of amides is 1. The van der Waals surface area contributed by atoms with Gasteiger partial charge in [-0.2, -0.15) is 0 Å². The Kier molecular flexibility index (Phi) is 2.40. The largest absolute Gasteiger partial charge is 0.337 e. The Bertz CT molecular complexity index is 367. The highest BCUT2D eigenvalue weighted by atomic mass is 16.1. The van der Waals surface area contributed by atoms with E-state index >= 15 is 0 Å². The zero-order valence-electron chi connectivity index (χ0n) is 9.25. The van der Waals surface area contributed by atoms with Crippen LogP contribution in [0.3, 0.4) is 0 Å². The van der Waals surface area contributed by atoms with E-state index in [0.717, 1.165) is 26.0 Å². The van der Waals surface area contributed by atoms with Gasteiger partial charge in [-0.1, -0.05) is 30.3 Å². The molecule has 3 aliphatic heterocycles. The van der Waals surface area contributed by atoms with Crippen molar-refractivity contribution in [2.24, 2.45) is 0 Å². The number of carbonyl (C=O) groups excluding carboxylic acids is 1. The van der Waals surface area contributed by atoms with Crippen molar-refractivity contribution < 1.29 is 4.79 Å². The second-order valence-electron chi connectivity index (χ2n) is 4.78. The SMILES string of the molecule is O=CN1C2CC1CN(Cc1ccccc1)C2. The predicted octanol–water partition coefficient (Wildman–Crippen LogP) is 1.10. The molecule has 3 aliphatic rings. The molecule has 4 rings (SSSR count). The third-order valence-electron chi connectivity index (χ3n) is 3.70. The number of hydrogen-bond donors (Lipinski definition) is 0. The van der Waals surface area contributed by atoms with Crippen LogP contribution in [0.5, 0.6) is 0 Å². The summed E-state index contributed by atoms with van der Waals surface area (Å²) in [6.45, 7) is 3.08. The van der Waals surface area contributed by atoms with E-state index < -0.39 is 0 Å². The van der Waals surface area contributed by atoms with Gasteiger partial charge in [-0.05, 0) is 12.0 Å². The predicted molar refractivity (Wildman–Crippen MR) is 61.8 cm³/mol. The molecule has 84 valence electrons. The molecule has 0 aromatic heterocycles.